The van der Waals surface area contributed by atoms with E-state index in [9.17, 15) is 4.79 Å². The number of hydrogen-bond donors (Lipinski definition) is 2. The Morgan fingerprint density at radius 2 is 2.14 bits per heavy atom. The van der Waals surface area contributed by atoms with Crippen molar-refractivity contribution < 1.29 is 4.79 Å². The van der Waals surface area contributed by atoms with E-state index in [1.807, 2.05) is 0 Å². The lowest BCUT2D eigenvalue weighted by atomic mass is 9.94. The van der Waals surface area contributed by atoms with Gasteiger partial charge in [0.1, 0.15) is 0 Å². The molecule has 0 spiro atoms. The molecule has 0 saturated carbocycles. The van der Waals surface area contributed by atoms with Crippen LogP contribution in [0, 0.1) is 11.8 Å². The van der Waals surface area contributed by atoms with Crippen molar-refractivity contribution in [1.82, 2.24) is 10.6 Å². The largest absolute Gasteiger partial charge is 0.351 e. The van der Waals surface area contributed by atoms with Crippen LogP contribution in [0.3, 0.4) is 0 Å². The molecule has 2 atom stereocenters. The van der Waals surface area contributed by atoms with Gasteiger partial charge in [-0.25, -0.2) is 0 Å². The van der Waals surface area contributed by atoms with E-state index in [1.54, 1.807) is 0 Å². The van der Waals surface area contributed by atoms with Gasteiger partial charge in [-0.05, 0) is 32.7 Å². The van der Waals surface area contributed by atoms with Crippen LogP contribution < -0.4 is 10.6 Å². The van der Waals surface area contributed by atoms with E-state index in [0.717, 1.165) is 19.5 Å². The highest BCUT2D eigenvalue weighted by molar-refractivity contribution is 5.80. The number of rotatable bonds is 3. The zero-order valence-electron chi connectivity index (χ0n) is 9.68. The quantitative estimate of drug-likeness (QED) is 0.714. The molecule has 1 heterocycles. The first-order valence-corrected chi connectivity index (χ1v) is 5.49. The van der Waals surface area contributed by atoms with E-state index in [4.69, 9.17) is 0 Å². The van der Waals surface area contributed by atoms with E-state index in [2.05, 4.69) is 38.3 Å². The smallest absolute Gasteiger partial charge is 0.225 e. The molecule has 14 heavy (non-hydrogen) atoms. The molecule has 1 rings (SSSR count). The van der Waals surface area contributed by atoms with Gasteiger partial charge in [0.25, 0.3) is 0 Å². The van der Waals surface area contributed by atoms with Gasteiger partial charge in [0.15, 0.2) is 0 Å². The molecule has 0 aromatic carbocycles. The van der Waals surface area contributed by atoms with Gasteiger partial charge in [-0.1, -0.05) is 13.8 Å². The van der Waals surface area contributed by atoms with Crippen LogP contribution in [-0.4, -0.2) is 24.5 Å². The zero-order chi connectivity index (χ0) is 10.8. The molecule has 3 heteroatoms. The third kappa shape index (κ3) is 2.71. The minimum Gasteiger partial charge on any atom is -0.351 e. The molecule has 1 fully saturated rings. The summed E-state index contributed by atoms with van der Waals surface area (Å²) in [6.07, 6.45) is 0.966. The van der Waals surface area contributed by atoms with Gasteiger partial charge in [0.2, 0.25) is 5.91 Å². The fourth-order valence-corrected chi connectivity index (χ4v) is 1.68. The first kappa shape index (κ1) is 11.5. The summed E-state index contributed by atoms with van der Waals surface area (Å²) in [7, 11) is 0. The lowest BCUT2D eigenvalue weighted by molar-refractivity contribution is -0.127. The number of nitrogens with one attached hydrogen (secondary N) is 2. The van der Waals surface area contributed by atoms with Crippen molar-refractivity contribution in [2.24, 2.45) is 11.8 Å². The molecule has 1 aliphatic heterocycles. The Balaban J connectivity index is 2.49. The Morgan fingerprint density at radius 3 is 2.57 bits per heavy atom. The summed E-state index contributed by atoms with van der Waals surface area (Å²) in [6.45, 7) is 10.1. The minimum absolute atomic E-state index is 0.0700. The van der Waals surface area contributed by atoms with Crippen molar-refractivity contribution >= 4 is 5.91 Å². The second-order valence-electron chi connectivity index (χ2n) is 4.97. The SMILES string of the molecule is CCC(C)(C)NC(=O)[C@@H]1CNC[C@H]1C. The highest BCUT2D eigenvalue weighted by atomic mass is 16.2. The molecule has 1 saturated heterocycles. The summed E-state index contributed by atoms with van der Waals surface area (Å²) in [5.74, 6) is 0.817. The van der Waals surface area contributed by atoms with E-state index >= 15 is 0 Å². The van der Waals surface area contributed by atoms with Gasteiger partial charge in [0.05, 0.1) is 5.92 Å². The molecule has 0 aliphatic carbocycles. The second-order valence-corrected chi connectivity index (χ2v) is 4.97. The lowest BCUT2D eigenvalue weighted by Crippen LogP contribution is -2.47. The highest BCUT2D eigenvalue weighted by Crippen LogP contribution is 2.17. The average Bonchev–Trinajstić information content (AvgIpc) is 2.51. The molecular formula is C11H22N2O. The van der Waals surface area contributed by atoms with E-state index < -0.39 is 0 Å². The maximum atomic E-state index is 11.9. The molecule has 0 bridgehead atoms. The summed E-state index contributed by atoms with van der Waals surface area (Å²) in [6, 6.07) is 0. The summed E-state index contributed by atoms with van der Waals surface area (Å²) in [4.78, 5) is 11.9. The molecule has 3 nitrogen and oxygen atoms in total. The Morgan fingerprint density at radius 1 is 1.50 bits per heavy atom. The van der Waals surface area contributed by atoms with Crippen molar-refractivity contribution in [1.29, 1.82) is 0 Å². The maximum absolute atomic E-state index is 11.9. The van der Waals surface area contributed by atoms with Crippen LogP contribution in [-0.2, 0) is 4.79 Å². The Kier molecular flexibility index (Phi) is 3.53. The minimum atomic E-state index is -0.0700. The van der Waals surface area contributed by atoms with Crippen molar-refractivity contribution in [3.05, 3.63) is 0 Å². The van der Waals surface area contributed by atoms with Crippen LogP contribution in [0.2, 0.25) is 0 Å². The van der Waals surface area contributed by atoms with Crippen LogP contribution in [0.25, 0.3) is 0 Å². The van der Waals surface area contributed by atoms with Crippen molar-refractivity contribution in [3.8, 4) is 0 Å². The van der Waals surface area contributed by atoms with Gasteiger partial charge in [-0.15, -0.1) is 0 Å². The van der Waals surface area contributed by atoms with E-state index in [-0.39, 0.29) is 17.4 Å². The fraction of sp³-hybridized carbons (Fsp3) is 0.909. The molecule has 0 aromatic rings. The highest BCUT2D eigenvalue weighted by Gasteiger charge is 2.31. The predicted octanol–water partition coefficient (Wildman–Crippen LogP) is 1.15. The van der Waals surface area contributed by atoms with Gasteiger partial charge >= 0.3 is 0 Å². The van der Waals surface area contributed by atoms with Crippen LogP contribution in [0.15, 0.2) is 0 Å². The Hall–Kier alpha value is -0.570. The van der Waals surface area contributed by atoms with Gasteiger partial charge in [0, 0.05) is 12.1 Å². The zero-order valence-corrected chi connectivity index (χ0v) is 9.68. The average molecular weight is 198 g/mol. The van der Waals surface area contributed by atoms with Crippen molar-refractivity contribution in [3.63, 3.8) is 0 Å². The number of hydrogen-bond acceptors (Lipinski definition) is 2. The normalized spacial score (nSPS) is 27.7. The molecule has 0 unspecified atom stereocenters. The summed E-state index contributed by atoms with van der Waals surface area (Å²) >= 11 is 0. The third-order valence-corrected chi connectivity index (χ3v) is 3.20. The first-order chi connectivity index (χ1) is 6.46. The standard InChI is InChI=1S/C11H22N2O/c1-5-11(3,4)13-10(14)9-7-12-6-8(9)2/h8-9,12H,5-7H2,1-4H3,(H,13,14)/t8-,9-/m1/s1. The molecule has 1 aliphatic rings. The molecule has 0 aromatic heterocycles. The van der Waals surface area contributed by atoms with Crippen LogP contribution in [0.5, 0.6) is 0 Å². The lowest BCUT2D eigenvalue weighted by Gasteiger charge is -2.27. The Bertz CT molecular complexity index is 213. The van der Waals surface area contributed by atoms with E-state index in [0.29, 0.717) is 5.92 Å². The van der Waals surface area contributed by atoms with Crippen molar-refractivity contribution in [2.75, 3.05) is 13.1 Å². The number of carbonyl (C=O) groups is 1. The Labute approximate surface area is 86.6 Å². The van der Waals surface area contributed by atoms with Gasteiger partial charge < -0.3 is 10.6 Å². The number of carbonyl (C=O) groups excluding carboxylic acids is 1. The molecular weight excluding hydrogens is 176 g/mol. The number of amides is 1. The first-order valence-electron chi connectivity index (χ1n) is 5.49. The van der Waals surface area contributed by atoms with Crippen molar-refractivity contribution in [2.45, 2.75) is 39.7 Å². The van der Waals surface area contributed by atoms with Crippen LogP contribution in [0.4, 0.5) is 0 Å². The molecule has 82 valence electrons. The van der Waals surface area contributed by atoms with E-state index in [1.165, 1.54) is 0 Å². The molecule has 0 radical (unpaired) electrons. The maximum Gasteiger partial charge on any atom is 0.225 e. The molecule has 1 amide bonds. The van der Waals surface area contributed by atoms with Crippen LogP contribution in [0.1, 0.15) is 34.1 Å². The van der Waals surface area contributed by atoms with Gasteiger partial charge in [-0.3, -0.25) is 4.79 Å². The molecule has 2 N–H and O–H groups in total. The topological polar surface area (TPSA) is 41.1 Å². The monoisotopic (exact) mass is 198 g/mol. The van der Waals surface area contributed by atoms with Crippen LogP contribution >= 0.6 is 0 Å². The fourth-order valence-electron chi connectivity index (χ4n) is 1.68. The summed E-state index contributed by atoms with van der Waals surface area (Å²) in [5.41, 5.74) is -0.0700. The summed E-state index contributed by atoms with van der Waals surface area (Å²) < 4.78 is 0. The summed E-state index contributed by atoms with van der Waals surface area (Å²) in [5, 5.41) is 6.35. The second kappa shape index (κ2) is 4.30. The third-order valence-electron chi connectivity index (χ3n) is 3.20. The predicted molar refractivity (Wildman–Crippen MR) is 58.0 cm³/mol. The van der Waals surface area contributed by atoms with Gasteiger partial charge in [-0.2, -0.15) is 0 Å².